The van der Waals surface area contributed by atoms with E-state index in [-0.39, 0.29) is 0 Å². The van der Waals surface area contributed by atoms with Gasteiger partial charge in [-0.15, -0.1) is 0 Å². The molecule has 120 valence electrons. The maximum absolute atomic E-state index is 10.8. The zero-order valence-electron chi connectivity index (χ0n) is 11.7. The molecule has 2 aromatic rings. The number of hydrogen-bond donors (Lipinski definition) is 1. The van der Waals surface area contributed by atoms with Crippen molar-refractivity contribution in [2.24, 2.45) is 5.73 Å². The molecule has 0 bridgehead atoms. The molecule has 0 atom stereocenters. The summed E-state index contributed by atoms with van der Waals surface area (Å²) in [7, 11) is 0. The highest BCUT2D eigenvalue weighted by Gasteiger charge is 2.09. The van der Waals surface area contributed by atoms with Gasteiger partial charge >= 0.3 is 0 Å². The molecule has 3 nitrogen and oxygen atoms in total. The summed E-state index contributed by atoms with van der Waals surface area (Å²) >= 11 is 16.3. The maximum atomic E-state index is 10.8. The van der Waals surface area contributed by atoms with E-state index in [0.717, 1.165) is 24.0 Å². The van der Waals surface area contributed by atoms with Gasteiger partial charge in [-0.05, 0) is 86.7 Å². The Balaban J connectivity index is 2.16. The van der Waals surface area contributed by atoms with Crippen molar-refractivity contribution in [3.63, 3.8) is 0 Å². The molecule has 0 fully saturated rings. The molecule has 0 spiro atoms. The van der Waals surface area contributed by atoms with Crippen molar-refractivity contribution < 1.29 is 9.53 Å². The highest BCUT2D eigenvalue weighted by atomic mass is 127. The Bertz CT molecular complexity index is 756. The van der Waals surface area contributed by atoms with E-state index in [2.05, 4.69) is 45.2 Å². The van der Waals surface area contributed by atoms with E-state index in [0.29, 0.717) is 16.7 Å². The van der Waals surface area contributed by atoms with Gasteiger partial charge in [-0.1, -0.05) is 29.3 Å². The Morgan fingerprint density at radius 1 is 1.13 bits per heavy atom. The Kier molecular flexibility index (Phi) is 7.00. The van der Waals surface area contributed by atoms with Crippen LogP contribution in [0.15, 0.2) is 36.4 Å². The normalized spacial score (nSPS) is 11.0. The molecule has 0 radical (unpaired) electrons. The fourth-order valence-electron chi connectivity index (χ4n) is 1.78. The predicted molar refractivity (Wildman–Crippen MR) is 111 cm³/mol. The van der Waals surface area contributed by atoms with Crippen molar-refractivity contribution in [1.82, 2.24) is 0 Å². The highest BCUT2D eigenvalue weighted by molar-refractivity contribution is 14.1. The fourth-order valence-corrected chi connectivity index (χ4v) is 4.23. The third kappa shape index (κ3) is 5.51. The number of carbonyl (C=O) groups excluding carboxylic acids is 1. The van der Waals surface area contributed by atoms with E-state index >= 15 is 0 Å². The van der Waals surface area contributed by atoms with Crippen molar-refractivity contribution in [3.05, 3.63) is 64.7 Å². The average molecular weight is 574 g/mol. The molecule has 23 heavy (non-hydrogen) atoms. The van der Waals surface area contributed by atoms with Crippen molar-refractivity contribution in [2.75, 3.05) is 0 Å². The van der Waals surface area contributed by atoms with Crippen molar-refractivity contribution in [2.45, 2.75) is 6.61 Å². The first kappa shape index (κ1) is 18.8. The van der Waals surface area contributed by atoms with Gasteiger partial charge in [0, 0.05) is 6.08 Å². The van der Waals surface area contributed by atoms with Crippen LogP contribution in [0.2, 0.25) is 10.0 Å². The largest absolute Gasteiger partial charge is 0.487 e. The summed E-state index contributed by atoms with van der Waals surface area (Å²) in [5.74, 6) is 0.309. The van der Waals surface area contributed by atoms with Gasteiger partial charge in [0.2, 0.25) is 5.91 Å². The number of rotatable bonds is 5. The molecular formula is C16H11Cl2I2NO2. The third-order valence-electron chi connectivity index (χ3n) is 2.83. The van der Waals surface area contributed by atoms with Crippen LogP contribution in [0.3, 0.4) is 0 Å². The Morgan fingerprint density at radius 3 is 2.35 bits per heavy atom. The molecule has 0 aliphatic heterocycles. The first-order chi connectivity index (χ1) is 10.9. The van der Waals surface area contributed by atoms with Gasteiger partial charge in [-0.3, -0.25) is 4.79 Å². The van der Waals surface area contributed by atoms with Gasteiger partial charge in [0.05, 0.1) is 17.2 Å². The molecule has 0 saturated carbocycles. The second-order valence-corrected chi connectivity index (χ2v) is 7.73. The highest BCUT2D eigenvalue weighted by Crippen LogP contribution is 2.31. The summed E-state index contributed by atoms with van der Waals surface area (Å²) in [6.07, 6.45) is 3.01. The molecule has 1 amide bonds. The molecule has 0 saturated heterocycles. The minimum atomic E-state index is -0.477. The topological polar surface area (TPSA) is 52.3 Å². The van der Waals surface area contributed by atoms with Gasteiger partial charge in [-0.25, -0.2) is 0 Å². The number of carbonyl (C=O) groups is 1. The van der Waals surface area contributed by atoms with Crippen LogP contribution >= 0.6 is 68.4 Å². The van der Waals surface area contributed by atoms with Crippen LogP contribution in [0.1, 0.15) is 11.1 Å². The molecule has 0 aromatic heterocycles. The minimum Gasteiger partial charge on any atom is -0.487 e. The number of amides is 1. The summed E-state index contributed by atoms with van der Waals surface area (Å²) in [4.78, 5) is 10.8. The molecular weight excluding hydrogens is 563 g/mol. The maximum Gasteiger partial charge on any atom is 0.241 e. The number of hydrogen-bond acceptors (Lipinski definition) is 2. The Morgan fingerprint density at radius 2 is 1.78 bits per heavy atom. The van der Waals surface area contributed by atoms with E-state index in [9.17, 15) is 4.79 Å². The lowest BCUT2D eigenvalue weighted by atomic mass is 10.2. The number of ether oxygens (including phenoxy) is 1. The third-order valence-corrected chi connectivity index (χ3v) is 5.17. The zero-order valence-corrected chi connectivity index (χ0v) is 17.5. The van der Waals surface area contributed by atoms with Crippen LogP contribution in [0.25, 0.3) is 6.08 Å². The summed E-state index contributed by atoms with van der Waals surface area (Å²) < 4.78 is 7.78. The second kappa shape index (κ2) is 8.55. The SMILES string of the molecule is NC(=O)/C=C/c1cc(I)c(OCc2ccc(Cl)c(Cl)c2)c(I)c1. The summed E-state index contributed by atoms with van der Waals surface area (Å²) in [6, 6.07) is 9.25. The van der Waals surface area contributed by atoms with Crippen molar-refractivity contribution >= 4 is 80.4 Å². The smallest absolute Gasteiger partial charge is 0.241 e. The Labute approximate surface area is 171 Å². The molecule has 7 heteroatoms. The van der Waals surface area contributed by atoms with Crippen LogP contribution in [-0.2, 0) is 11.4 Å². The van der Waals surface area contributed by atoms with E-state index in [4.69, 9.17) is 33.7 Å². The molecule has 0 unspecified atom stereocenters. The van der Waals surface area contributed by atoms with Gasteiger partial charge in [0.15, 0.2) is 0 Å². The average Bonchev–Trinajstić information content (AvgIpc) is 2.48. The van der Waals surface area contributed by atoms with Crippen molar-refractivity contribution in [1.29, 1.82) is 0 Å². The van der Waals surface area contributed by atoms with E-state index in [1.807, 2.05) is 18.2 Å². The first-order valence-corrected chi connectivity index (χ1v) is 9.31. The van der Waals surface area contributed by atoms with E-state index in [1.165, 1.54) is 6.08 Å². The standard InChI is InChI=1S/C16H11Cl2I2NO2/c17-11-3-1-10(5-12(11)18)8-23-16-13(19)6-9(7-14(16)20)2-4-15(21)22/h1-7H,8H2,(H2,21,22)/b4-2+. The van der Waals surface area contributed by atoms with E-state index < -0.39 is 5.91 Å². The lowest BCUT2D eigenvalue weighted by molar-refractivity contribution is -0.113. The van der Waals surface area contributed by atoms with Crippen LogP contribution in [0.5, 0.6) is 5.75 Å². The van der Waals surface area contributed by atoms with Crippen LogP contribution < -0.4 is 10.5 Å². The van der Waals surface area contributed by atoms with Gasteiger partial charge in [0.25, 0.3) is 0 Å². The first-order valence-electron chi connectivity index (χ1n) is 6.40. The number of benzene rings is 2. The summed E-state index contributed by atoms with van der Waals surface area (Å²) in [5.41, 5.74) is 6.93. The van der Waals surface area contributed by atoms with Crippen LogP contribution in [0, 0.1) is 7.14 Å². The lowest BCUT2D eigenvalue weighted by Gasteiger charge is -2.12. The summed E-state index contributed by atoms with van der Waals surface area (Å²) in [5, 5.41) is 1.02. The monoisotopic (exact) mass is 573 g/mol. The lowest BCUT2D eigenvalue weighted by Crippen LogP contribution is -2.05. The number of halogens is 4. The van der Waals surface area contributed by atoms with Crippen LogP contribution in [-0.4, -0.2) is 5.91 Å². The summed E-state index contributed by atoms with van der Waals surface area (Å²) in [6.45, 7) is 0.388. The molecule has 0 aliphatic rings. The van der Waals surface area contributed by atoms with Crippen LogP contribution in [0.4, 0.5) is 0 Å². The molecule has 0 aliphatic carbocycles. The minimum absolute atomic E-state index is 0.388. The number of nitrogens with two attached hydrogens (primary N) is 1. The predicted octanol–water partition coefficient (Wildman–Crippen LogP) is 5.28. The quantitative estimate of drug-likeness (QED) is 0.391. The van der Waals surface area contributed by atoms with Gasteiger partial charge in [0.1, 0.15) is 12.4 Å². The van der Waals surface area contributed by atoms with Gasteiger partial charge in [-0.2, -0.15) is 0 Å². The molecule has 2 aromatic carbocycles. The molecule has 0 heterocycles. The van der Waals surface area contributed by atoms with E-state index in [1.54, 1.807) is 18.2 Å². The molecule has 2 N–H and O–H groups in total. The van der Waals surface area contributed by atoms with Crippen molar-refractivity contribution in [3.8, 4) is 5.75 Å². The van der Waals surface area contributed by atoms with Gasteiger partial charge < -0.3 is 10.5 Å². The second-order valence-electron chi connectivity index (χ2n) is 4.59. The Hall–Kier alpha value is -0.510. The number of primary amides is 1. The fraction of sp³-hybridized carbons (Fsp3) is 0.0625. The zero-order chi connectivity index (χ0) is 17.0. The molecule has 2 rings (SSSR count).